The summed E-state index contributed by atoms with van der Waals surface area (Å²) in [4.78, 5) is 26.9. The molecular weight excluding hydrogens is 338 g/mol. The number of benzene rings is 1. The van der Waals surface area contributed by atoms with Gasteiger partial charge in [-0.3, -0.25) is 14.9 Å². The predicted octanol–water partition coefficient (Wildman–Crippen LogP) is 2.52. The monoisotopic (exact) mass is 355 g/mol. The van der Waals surface area contributed by atoms with Crippen molar-refractivity contribution in [2.24, 2.45) is 0 Å². The number of amides is 1. The third kappa shape index (κ3) is 3.59. The molecule has 0 radical (unpaired) electrons. The second-order valence-corrected chi connectivity index (χ2v) is 6.25. The van der Waals surface area contributed by atoms with E-state index in [4.69, 9.17) is 0 Å². The first kappa shape index (κ1) is 15.9. The Morgan fingerprint density at radius 1 is 1.52 bits per heavy atom. The van der Waals surface area contributed by atoms with Crippen molar-refractivity contribution in [3.05, 3.63) is 38.3 Å². The highest BCUT2D eigenvalue weighted by Gasteiger charge is 2.27. The maximum Gasteiger partial charge on any atom is 0.270 e. The molecule has 0 N–H and O–H groups in total. The summed E-state index contributed by atoms with van der Waals surface area (Å²) < 4.78 is 0.578. The van der Waals surface area contributed by atoms with Crippen LogP contribution in [-0.4, -0.2) is 53.9 Å². The second-order valence-electron chi connectivity index (χ2n) is 5.40. The molecule has 0 bridgehead atoms. The summed E-state index contributed by atoms with van der Waals surface area (Å²) in [6, 6.07) is 4.40. The number of hydrogen-bond donors (Lipinski definition) is 0. The van der Waals surface area contributed by atoms with Gasteiger partial charge in [0, 0.05) is 36.2 Å². The number of carbonyl (C=O) groups is 1. The molecule has 7 heteroatoms. The van der Waals surface area contributed by atoms with E-state index in [0.717, 1.165) is 25.9 Å². The zero-order valence-electron chi connectivity index (χ0n) is 12.1. The Morgan fingerprint density at radius 2 is 2.24 bits per heavy atom. The lowest BCUT2D eigenvalue weighted by molar-refractivity contribution is -0.384. The number of non-ortho nitro benzene ring substituents is 1. The van der Waals surface area contributed by atoms with Crippen molar-refractivity contribution in [1.82, 2.24) is 9.80 Å². The molecule has 6 nitrogen and oxygen atoms in total. The number of nitro groups is 1. The van der Waals surface area contributed by atoms with Gasteiger partial charge in [0.05, 0.1) is 10.5 Å². The summed E-state index contributed by atoms with van der Waals surface area (Å²) >= 11 is 3.30. The Labute approximate surface area is 132 Å². The molecule has 1 fully saturated rings. The molecule has 1 unspecified atom stereocenters. The van der Waals surface area contributed by atoms with Gasteiger partial charge in [-0.15, -0.1) is 0 Å². The van der Waals surface area contributed by atoms with Gasteiger partial charge in [0.1, 0.15) is 0 Å². The first-order valence-corrected chi connectivity index (χ1v) is 7.59. The first-order valence-electron chi connectivity index (χ1n) is 6.80. The molecule has 1 heterocycles. The van der Waals surface area contributed by atoms with Crippen molar-refractivity contribution in [3.63, 3.8) is 0 Å². The zero-order valence-corrected chi connectivity index (χ0v) is 13.7. The van der Waals surface area contributed by atoms with E-state index in [-0.39, 0.29) is 17.6 Å². The quantitative estimate of drug-likeness (QED) is 0.617. The summed E-state index contributed by atoms with van der Waals surface area (Å²) in [5.74, 6) is -0.189. The van der Waals surface area contributed by atoms with Gasteiger partial charge < -0.3 is 9.80 Å². The van der Waals surface area contributed by atoms with Crippen LogP contribution in [0.5, 0.6) is 0 Å². The number of nitrogens with zero attached hydrogens (tertiary/aromatic N) is 3. The standard InChI is InChI=1S/C14H18BrN3O3/c1-16-7-3-4-11(9-16)17(2)14(19)12-8-10(18(20)21)5-6-13(12)15/h5-6,8,11H,3-4,7,9H2,1-2H3. The zero-order chi connectivity index (χ0) is 15.6. The van der Waals surface area contributed by atoms with E-state index in [0.29, 0.717) is 10.0 Å². The molecule has 1 aromatic carbocycles. The largest absolute Gasteiger partial charge is 0.337 e. The van der Waals surface area contributed by atoms with E-state index < -0.39 is 4.92 Å². The van der Waals surface area contributed by atoms with Gasteiger partial charge in [0.15, 0.2) is 0 Å². The smallest absolute Gasteiger partial charge is 0.270 e. The van der Waals surface area contributed by atoms with Gasteiger partial charge in [-0.1, -0.05) is 0 Å². The molecule has 21 heavy (non-hydrogen) atoms. The van der Waals surface area contributed by atoms with Gasteiger partial charge in [-0.25, -0.2) is 0 Å². The Bertz CT molecular complexity index is 564. The van der Waals surface area contributed by atoms with Gasteiger partial charge in [-0.2, -0.15) is 0 Å². The molecule has 1 saturated heterocycles. The molecule has 1 aliphatic rings. The number of nitro benzene ring substituents is 1. The average molecular weight is 356 g/mol. The molecule has 1 aliphatic heterocycles. The van der Waals surface area contributed by atoms with Crippen molar-refractivity contribution < 1.29 is 9.72 Å². The molecule has 0 aliphatic carbocycles. The molecule has 2 rings (SSSR count). The highest BCUT2D eigenvalue weighted by molar-refractivity contribution is 9.10. The number of rotatable bonds is 3. The fraction of sp³-hybridized carbons (Fsp3) is 0.500. The molecule has 1 atom stereocenters. The Morgan fingerprint density at radius 3 is 2.86 bits per heavy atom. The number of halogens is 1. The maximum atomic E-state index is 12.6. The minimum Gasteiger partial charge on any atom is -0.337 e. The number of likely N-dealkylation sites (N-methyl/N-ethyl adjacent to an activating group) is 2. The first-order chi connectivity index (χ1) is 9.90. The minimum atomic E-state index is -0.488. The second kappa shape index (κ2) is 6.53. The van der Waals surface area contributed by atoms with Crippen LogP contribution >= 0.6 is 15.9 Å². The van der Waals surface area contributed by atoms with Crippen LogP contribution in [0.4, 0.5) is 5.69 Å². The minimum absolute atomic E-state index is 0.0734. The van der Waals surface area contributed by atoms with E-state index in [1.165, 1.54) is 12.1 Å². The third-order valence-corrected chi connectivity index (χ3v) is 4.55. The highest BCUT2D eigenvalue weighted by Crippen LogP contribution is 2.25. The summed E-state index contributed by atoms with van der Waals surface area (Å²) in [5.41, 5.74) is 0.260. The van der Waals surface area contributed by atoms with Crippen molar-refractivity contribution in [3.8, 4) is 0 Å². The molecule has 0 saturated carbocycles. The molecule has 0 spiro atoms. The fourth-order valence-corrected chi connectivity index (χ4v) is 3.02. The Kier molecular flexibility index (Phi) is 4.95. The van der Waals surface area contributed by atoms with E-state index in [1.54, 1.807) is 18.0 Å². The summed E-state index contributed by atoms with van der Waals surface area (Å²) in [5, 5.41) is 10.9. The normalized spacial score (nSPS) is 19.3. The molecular formula is C14H18BrN3O3. The van der Waals surface area contributed by atoms with Crippen molar-refractivity contribution in [2.45, 2.75) is 18.9 Å². The summed E-state index contributed by atoms with van der Waals surface area (Å²) in [7, 11) is 3.80. The van der Waals surface area contributed by atoms with Crippen molar-refractivity contribution in [1.29, 1.82) is 0 Å². The van der Waals surface area contributed by atoms with Crippen LogP contribution in [-0.2, 0) is 0 Å². The topological polar surface area (TPSA) is 66.7 Å². The van der Waals surface area contributed by atoms with Gasteiger partial charge in [0.2, 0.25) is 0 Å². The van der Waals surface area contributed by atoms with Crippen LogP contribution in [0.3, 0.4) is 0 Å². The Hall–Kier alpha value is -1.47. The highest BCUT2D eigenvalue weighted by atomic mass is 79.9. The number of carbonyl (C=O) groups excluding carboxylic acids is 1. The lowest BCUT2D eigenvalue weighted by Gasteiger charge is -2.36. The van der Waals surface area contributed by atoms with Crippen LogP contribution in [0.1, 0.15) is 23.2 Å². The van der Waals surface area contributed by atoms with Crippen molar-refractivity contribution >= 4 is 27.5 Å². The van der Waals surface area contributed by atoms with Gasteiger partial charge >= 0.3 is 0 Å². The number of piperidine rings is 1. The van der Waals surface area contributed by atoms with Gasteiger partial charge in [0.25, 0.3) is 11.6 Å². The summed E-state index contributed by atoms with van der Waals surface area (Å²) in [6.07, 6.45) is 2.01. The van der Waals surface area contributed by atoms with Crippen LogP contribution < -0.4 is 0 Å². The van der Waals surface area contributed by atoms with E-state index in [9.17, 15) is 14.9 Å². The third-order valence-electron chi connectivity index (χ3n) is 3.86. The van der Waals surface area contributed by atoms with Crippen LogP contribution in [0.2, 0.25) is 0 Å². The number of likely N-dealkylation sites (tertiary alicyclic amines) is 1. The van der Waals surface area contributed by atoms with Crippen LogP contribution in [0, 0.1) is 10.1 Å². The van der Waals surface area contributed by atoms with Crippen LogP contribution in [0.15, 0.2) is 22.7 Å². The average Bonchev–Trinajstić information content (AvgIpc) is 2.46. The van der Waals surface area contributed by atoms with Gasteiger partial charge in [-0.05, 0) is 48.4 Å². The lowest BCUT2D eigenvalue weighted by atomic mass is 10.0. The fourth-order valence-electron chi connectivity index (χ4n) is 2.60. The van der Waals surface area contributed by atoms with Crippen molar-refractivity contribution in [2.75, 3.05) is 27.2 Å². The van der Waals surface area contributed by atoms with E-state index in [2.05, 4.69) is 20.8 Å². The predicted molar refractivity (Wildman–Crippen MR) is 83.4 cm³/mol. The van der Waals surface area contributed by atoms with Crippen LogP contribution in [0.25, 0.3) is 0 Å². The van der Waals surface area contributed by atoms with E-state index in [1.807, 2.05) is 7.05 Å². The molecule has 1 amide bonds. The summed E-state index contributed by atoms with van der Waals surface area (Å²) in [6.45, 7) is 1.87. The molecule has 114 valence electrons. The molecule has 1 aromatic rings. The van der Waals surface area contributed by atoms with E-state index >= 15 is 0 Å². The molecule has 0 aromatic heterocycles. The lowest BCUT2D eigenvalue weighted by Crippen LogP contribution is -2.47. The Balaban J connectivity index is 2.22. The maximum absolute atomic E-state index is 12.6. The SMILES string of the molecule is CN1CCCC(N(C)C(=O)c2cc([N+](=O)[O-])ccc2Br)C1. The number of hydrogen-bond acceptors (Lipinski definition) is 4.